The van der Waals surface area contributed by atoms with Crippen LogP contribution in [0, 0.1) is 0 Å². The highest BCUT2D eigenvalue weighted by Gasteiger charge is 2.19. The Hall–Kier alpha value is -4.14. The number of rotatable bonds is 10. The molecule has 0 saturated heterocycles. The van der Waals surface area contributed by atoms with Crippen molar-refractivity contribution in [3.8, 4) is 0 Å². The summed E-state index contributed by atoms with van der Waals surface area (Å²) in [5.74, 6) is -0.733. The molecule has 0 aliphatic rings. The Morgan fingerprint density at radius 3 is 1.32 bits per heavy atom. The van der Waals surface area contributed by atoms with Gasteiger partial charge in [0.2, 0.25) is 0 Å². The van der Waals surface area contributed by atoms with Crippen LogP contribution in [-0.2, 0) is 19.1 Å². The Balaban J connectivity index is 1.51. The predicted molar refractivity (Wildman–Crippen MR) is 130 cm³/mol. The summed E-state index contributed by atoms with van der Waals surface area (Å²) in [6.45, 7) is 0. The van der Waals surface area contributed by atoms with E-state index in [9.17, 15) is 9.59 Å². The summed E-state index contributed by atoms with van der Waals surface area (Å²) >= 11 is 0. The average molecular weight is 459 g/mol. The van der Waals surface area contributed by atoms with Crippen molar-refractivity contribution in [1.29, 1.82) is 0 Å². The second kappa shape index (κ2) is 12.8. The number of carbonyl (C=O) groups is 2. The monoisotopic (exact) mass is 458 g/mol. The number of ether oxygens (including phenoxy) is 2. The first-order valence-corrected chi connectivity index (χ1v) is 10.5. The molecule has 8 heteroatoms. The number of carbonyl (C=O) groups excluding carboxylic acids is 2. The normalized spacial score (nSPS) is 13.0. The van der Waals surface area contributed by atoms with Crippen molar-refractivity contribution in [2.24, 2.45) is 10.2 Å². The summed E-state index contributed by atoms with van der Waals surface area (Å²) in [5, 5.41) is 8.00. The number of nitrogens with zero attached hydrogens (tertiary/aromatic N) is 2. The highest BCUT2D eigenvalue weighted by molar-refractivity contribution is 5.87. The maximum atomic E-state index is 12.3. The van der Waals surface area contributed by atoms with Crippen LogP contribution in [0.1, 0.15) is 34.5 Å². The average Bonchev–Trinajstić information content (AvgIpc) is 2.87. The number of methoxy groups -OCH3 is 2. The van der Waals surface area contributed by atoms with E-state index in [1.54, 1.807) is 0 Å². The quantitative estimate of drug-likeness (QED) is 0.359. The van der Waals surface area contributed by atoms with Crippen molar-refractivity contribution in [2.45, 2.75) is 12.2 Å². The molecule has 8 nitrogen and oxygen atoms in total. The molecule has 3 rings (SSSR count). The zero-order chi connectivity index (χ0) is 24.2. The lowest BCUT2D eigenvalue weighted by molar-refractivity contribution is -0.132. The van der Waals surface area contributed by atoms with Crippen LogP contribution in [0.4, 0.5) is 0 Å². The molecule has 0 bridgehead atoms. The summed E-state index contributed by atoms with van der Waals surface area (Å²) in [4.78, 5) is 24.7. The first kappa shape index (κ1) is 24.5. The van der Waals surface area contributed by atoms with Gasteiger partial charge in [-0.1, -0.05) is 84.9 Å². The minimum absolute atomic E-state index is 0.366. The van der Waals surface area contributed by atoms with Gasteiger partial charge in [-0.15, -0.1) is 0 Å². The van der Waals surface area contributed by atoms with E-state index >= 15 is 0 Å². The lowest BCUT2D eigenvalue weighted by Crippen LogP contribution is -2.26. The third-order valence-corrected chi connectivity index (χ3v) is 4.87. The van der Waals surface area contributed by atoms with Crippen LogP contribution >= 0.6 is 0 Å². The minimum Gasteiger partial charge on any atom is -0.367 e. The molecule has 2 amide bonds. The van der Waals surface area contributed by atoms with Crippen LogP contribution in [0.3, 0.4) is 0 Å². The van der Waals surface area contributed by atoms with E-state index in [1.807, 2.05) is 84.9 Å². The summed E-state index contributed by atoms with van der Waals surface area (Å²) in [7, 11) is 2.95. The molecule has 174 valence electrons. The molecule has 0 fully saturated rings. The van der Waals surface area contributed by atoms with Gasteiger partial charge >= 0.3 is 0 Å². The van der Waals surface area contributed by atoms with Gasteiger partial charge in [0.25, 0.3) is 11.8 Å². The number of benzene rings is 3. The second-order valence-corrected chi connectivity index (χ2v) is 7.19. The van der Waals surface area contributed by atoms with Crippen LogP contribution in [0.5, 0.6) is 0 Å². The number of nitrogens with one attached hydrogen (secondary N) is 2. The Morgan fingerprint density at radius 1 is 0.647 bits per heavy atom. The maximum absolute atomic E-state index is 12.3. The molecule has 0 aromatic heterocycles. The zero-order valence-electron chi connectivity index (χ0n) is 18.9. The Bertz CT molecular complexity index is 1030. The summed E-state index contributed by atoms with van der Waals surface area (Å²) in [5.41, 5.74) is 8.02. The van der Waals surface area contributed by atoms with Gasteiger partial charge < -0.3 is 9.47 Å². The van der Waals surface area contributed by atoms with Crippen molar-refractivity contribution in [2.75, 3.05) is 14.2 Å². The van der Waals surface area contributed by atoms with E-state index in [4.69, 9.17) is 9.47 Å². The first-order chi connectivity index (χ1) is 16.6. The number of hydrogen-bond donors (Lipinski definition) is 2. The van der Waals surface area contributed by atoms with E-state index in [1.165, 1.54) is 26.6 Å². The molecule has 0 aliphatic heterocycles. The van der Waals surface area contributed by atoms with E-state index in [-0.39, 0.29) is 11.8 Å². The second-order valence-electron chi connectivity index (χ2n) is 7.19. The van der Waals surface area contributed by atoms with Gasteiger partial charge in [-0.25, -0.2) is 10.9 Å². The Morgan fingerprint density at radius 2 is 1.00 bits per heavy atom. The lowest BCUT2D eigenvalue weighted by atomic mass is 10.1. The fraction of sp³-hybridized carbons (Fsp3) is 0.154. The van der Waals surface area contributed by atoms with Gasteiger partial charge in [0.05, 0.1) is 12.4 Å². The fourth-order valence-corrected chi connectivity index (χ4v) is 3.17. The lowest BCUT2D eigenvalue weighted by Gasteiger charge is -2.13. The number of amides is 2. The predicted octanol–water partition coefficient (Wildman–Crippen LogP) is 3.36. The molecule has 2 atom stereocenters. The smallest absolute Gasteiger partial charge is 0.273 e. The van der Waals surface area contributed by atoms with E-state index < -0.39 is 12.2 Å². The van der Waals surface area contributed by atoms with Crippen molar-refractivity contribution >= 4 is 24.2 Å². The molecule has 3 aromatic rings. The van der Waals surface area contributed by atoms with Crippen molar-refractivity contribution in [3.05, 3.63) is 107 Å². The van der Waals surface area contributed by atoms with Crippen LogP contribution in [0.15, 0.2) is 95.1 Å². The number of hydrogen-bond acceptors (Lipinski definition) is 6. The van der Waals surface area contributed by atoms with Crippen molar-refractivity contribution < 1.29 is 19.1 Å². The van der Waals surface area contributed by atoms with Gasteiger partial charge in [0, 0.05) is 14.2 Å². The SMILES string of the molecule is CO[C@H](C(=O)NN=Cc1ccc(C=NNC(=O)[C@@H](OC)c2ccccc2)cc1)c1ccccc1. The van der Waals surface area contributed by atoms with Crippen LogP contribution < -0.4 is 10.9 Å². The molecule has 3 aromatic carbocycles. The van der Waals surface area contributed by atoms with E-state index in [0.29, 0.717) is 0 Å². The highest BCUT2D eigenvalue weighted by atomic mass is 16.5. The van der Waals surface area contributed by atoms with Gasteiger partial charge in [-0.3, -0.25) is 9.59 Å². The summed E-state index contributed by atoms with van der Waals surface area (Å²) in [6.07, 6.45) is 1.57. The van der Waals surface area contributed by atoms with Crippen LogP contribution in [0.2, 0.25) is 0 Å². The topological polar surface area (TPSA) is 101 Å². The largest absolute Gasteiger partial charge is 0.367 e. The van der Waals surface area contributed by atoms with Crippen molar-refractivity contribution in [3.63, 3.8) is 0 Å². The molecule has 0 radical (unpaired) electrons. The first-order valence-electron chi connectivity index (χ1n) is 10.5. The zero-order valence-corrected chi connectivity index (χ0v) is 18.9. The van der Waals surface area contributed by atoms with Gasteiger partial charge in [-0.2, -0.15) is 10.2 Å². The Labute approximate surface area is 198 Å². The van der Waals surface area contributed by atoms with E-state index in [0.717, 1.165) is 22.3 Å². The molecular weight excluding hydrogens is 432 g/mol. The third kappa shape index (κ3) is 6.93. The van der Waals surface area contributed by atoms with Gasteiger partial charge in [0.15, 0.2) is 12.2 Å². The molecule has 0 saturated carbocycles. The molecule has 0 unspecified atom stereocenters. The van der Waals surface area contributed by atoms with E-state index in [2.05, 4.69) is 21.1 Å². The standard InChI is InChI=1S/C26H26N4O4/c1-33-23(21-9-5-3-6-10-21)25(31)29-27-17-19-13-15-20(16-14-19)18-28-30-26(32)24(34-2)22-11-7-4-8-12-22/h3-18,23-24H,1-2H3,(H,29,31)(H,30,32)/t23-,24-/m0/s1. The molecule has 34 heavy (non-hydrogen) atoms. The molecule has 0 spiro atoms. The molecule has 0 aliphatic carbocycles. The molecule has 0 heterocycles. The third-order valence-electron chi connectivity index (χ3n) is 4.87. The molecule has 2 N–H and O–H groups in total. The molecular formula is C26H26N4O4. The highest BCUT2D eigenvalue weighted by Crippen LogP contribution is 2.17. The summed E-state index contributed by atoms with van der Waals surface area (Å²) in [6, 6.07) is 25.6. The van der Waals surface area contributed by atoms with Crippen molar-refractivity contribution in [1.82, 2.24) is 10.9 Å². The maximum Gasteiger partial charge on any atom is 0.273 e. The van der Waals surface area contributed by atoms with Crippen LogP contribution in [-0.4, -0.2) is 38.5 Å². The van der Waals surface area contributed by atoms with Gasteiger partial charge in [0.1, 0.15) is 0 Å². The Kier molecular flexibility index (Phi) is 9.21. The summed E-state index contributed by atoms with van der Waals surface area (Å²) < 4.78 is 10.6. The number of hydrazone groups is 2. The van der Waals surface area contributed by atoms with Crippen LogP contribution in [0.25, 0.3) is 0 Å². The fourth-order valence-electron chi connectivity index (χ4n) is 3.17. The van der Waals surface area contributed by atoms with Gasteiger partial charge in [-0.05, 0) is 22.3 Å². The minimum atomic E-state index is -0.744.